The summed E-state index contributed by atoms with van der Waals surface area (Å²) in [6.45, 7) is 6.88. The summed E-state index contributed by atoms with van der Waals surface area (Å²) in [5.41, 5.74) is 5.32. The van der Waals surface area contributed by atoms with E-state index in [0.29, 0.717) is 18.7 Å². The number of ketones is 1. The number of hydrogen-bond donors (Lipinski definition) is 1. The minimum Gasteiger partial charge on any atom is -0.355 e. The van der Waals surface area contributed by atoms with Crippen molar-refractivity contribution in [2.75, 3.05) is 20.6 Å². The van der Waals surface area contributed by atoms with Gasteiger partial charge in [0.2, 0.25) is 0 Å². The van der Waals surface area contributed by atoms with Crippen molar-refractivity contribution in [3.63, 3.8) is 0 Å². The Hall–Kier alpha value is -2.77. The van der Waals surface area contributed by atoms with Crippen molar-refractivity contribution in [1.82, 2.24) is 19.8 Å². The highest BCUT2D eigenvalue weighted by Gasteiger charge is 2.19. The van der Waals surface area contributed by atoms with Gasteiger partial charge in [-0.05, 0) is 51.6 Å². The predicted octanol–water partition coefficient (Wildman–Crippen LogP) is 3.53. The molecule has 0 radical (unpaired) electrons. The predicted molar refractivity (Wildman–Crippen MR) is 116 cm³/mol. The minimum absolute atomic E-state index is 0.0853. The maximum atomic E-state index is 12.9. The molecule has 152 valence electrons. The number of carbonyl (C=O) groups excluding carboxylic acids is 2. The number of nitrogens with zero attached hydrogens (tertiary/aromatic N) is 3. The van der Waals surface area contributed by atoms with Crippen molar-refractivity contribution >= 4 is 23.0 Å². The van der Waals surface area contributed by atoms with E-state index in [9.17, 15) is 9.59 Å². The second-order valence-electron chi connectivity index (χ2n) is 7.26. The van der Waals surface area contributed by atoms with Crippen molar-refractivity contribution in [2.24, 2.45) is 0 Å². The molecule has 7 heteroatoms. The van der Waals surface area contributed by atoms with Gasteiger partial charge >= 0.3 is 0 Å². The summed E-state index contributed by atoms with van der Waals surface area (Å²) >= 11 is 1.58. The lowest BCUT2D eigenvalue weighted by Crippen LogP contribution is -2.26. The van der Waals surface area contributed by atoms with Crippen LogP contribution in [0.3, 0.4) is 0 Å². The molecule has 0 aliphatic heterocycles. The van der Waals surface area contributed by atoms with Crippen LogP contribution in [0.2, 0.25) is 0 Å². The zero-order valence-electron chi connectivity index (χ0n) is 17.4. The van der Waals surface area contributed by atoms with Gasteiger partial charge in [-0.3, -0.25) is 19.1 Å². The number of hydrogen-bond acceptors (Lipinski definition) is 5. The number of nitrogens with one attached hydrogen (secondary N) is 1. The lowest BCUT2D eigenvalue weighted by Gasteiger charge is -2.16. The first-order valence-corrected chi connectivity index (χ1v) is 10.3. The molecule has 3 aromatic rings. The molecule has 0 spiro atoms. The molecular weight excluding hydrogens is 384 g/mol. The standard InChI is InChI=1S/C22H26N4O2S/c1-14-13-29-22(24-14)26-15(2)10-19(16(26)3)20(27)12-25(5)11-17-6-8-18(9-7-17)21(28)23-4/h6-10,13H,11-12H2,1-5H3,(H,23,28). The van der Waals surface area contributed by atoms with E-state index in [1.54, 1.807) is 30.5 Å². The second kappa shape index (κ2) is 8.71. The summed E-state index contributed by atoms with van der Waals surface area (Å²) in [5, 5.41) is 5.51. The van der Waals surface area contributed by atoms with Gasteiger partial charge in [0.05, 0.1) is 12.2 Å². The van der Waals surface area contributed by atoms with E-state index in [1.165, 1.54) is 0 Å². The van der Waals surface area contributed by atoms with Crippen LogP contribution in [-0.4, -0.2) is 46.8 Å². The van der Waals surface area contributed by atoms with Crippen LogP contribution in [0.15, 0.2) is 35.7 Å². The van der Waals surface area contributed by atoms with Crippen molar-refractivity contribution in [3.8, 4) is 5.13 Å². The van der Waals surface area contributed by atoms with Crippen LogP contribution >= 0.6 is 11.3 Å². The highest BCUT2D eigenvalue weighted by Crippen LogP contribution is 2.24. The summed E-state index contributed by atoms with van der Waals surface area (Å²) < 4.78 is 2.04. The number of aromatic nitrogens is 2. The van der Waals surface area contributed by atoms with E-state index in [2.05, 4.69) is 10.3 Å². The number of benzene rings is 1. The fourth-order valence-corrected chi connectivity index (χ4v) is 4.30. The van der Waals surface area contributed by atoms with Crippen LogP contribution in [0.1, 0.15) is 43.4 Å². The monoisotopic (exact) mass is 410 g/mol. The average molecular weight is 411 g/mol. The van der Waals surface area contributed by atoms with Gasteiger partial charge in [-0.1, -0.05) is 12.1 Å². The molecule has 0 unspecified atom stereocenters. The summed E-state index contributed by atoms with van der Waals surface area (Å²) in [6, 6.07) is 9.38. The molecule has 0 atom stereocenters. The maximum Gasteiger partial charge on any atom is 0.251 e. The lowest BCUT2D eigenvalue weighted by atomic mass is 10.1. The topological polar surface area (TPSA) is 67.2 Å². The van der Waals surface area contributed by atoms with E-state index in [-0.39, 0.29) is 11.7 Å². The van der Waals surface area contributed by atoms with Crippen molar-refractivity contribution < 1.29 is 9.59 Å². The Morgan fingerprint density at radius 1 is 1.17 bits per heavy atom. The Labute approximate surface area is 175 Å². The van der Waals surface area contributed by atoms with Gasteiger partial charge in [0.15, 0.2) is 10.9 Å². The summed E-state index contributed by atoms with van der Waals surface area (Å²) in [4.78, 5) is 31.1. The average Bonchev–Trinajstić information content (AvgIpc) is 3.23. The van der Waals surface area contributed by atoms with Crippen molar-refractivity contribution in [3.05, 3.63) is 69.5 Å². The maximum absolute atomic E-state index is 12.9. The van der Waals surface area contributed by atoms with Crippen molar-refractivity contribution in [1.29, 1.82) is 0 Å². The Bertz CT molecular complexity index is 1030. The molecule has 0 bridgehead atoms. The molecule has 2 heterocycles. The molecule has 0 saturated carbocycles. The molecule has 0 aliphatic rings. The number of likely N-dealkylation sites (N-methyl/N-ethyl adjacent to an activating group) is 1. The molecule has 1 N–H and O–H groups in total. The first-order chi connectivity index (χ1) is 13.8. The number of carbonyl (C=O) groups is 2. The number of Topliss-reactive ketones (excluding diaryl/α,β-unsaturated/α-hetero) is 1. The normalized spacial score (nSPS) is 11.1. The molecule has 1 amide bonds. The molecule has 2 aromatic heterocycles. The van der Waals surface area contributed by atoms with E-state index in [4.69, 9.17) is 0 Å². The summed E-state index contributed by atoms with van der Waals surface area (Å²) in [6.07, 6.45) is 0. The molecule has 1 aromatic carbocycles. The molecule has 6 nitrogen and oxygen atoms in total. The fraction of sp³-hybridized carbons (Fsp3) is 0.318. The quantitative estimate of drug-likeness (QED) is 0.605. The Morgan fingerprint density at radius 3 is 2.45 bits per heavy atom. The Balaban J connectivity index is 1.69. The third kappa shape index (κ3) is 4.63. The number of thiazole rings is 1. The van der Waals surface area contributed by atoms with Gasteiger partial charge in [0.25, 0.3) is 5.91 Å². The Morgan fingerprint density at radius 2 is 1.86 bits per heavy atom. The SMILES string of the molecule is CNC(=O)c1ccc(CN(C)CC(=O)c2cc(C)n(-c3nc(C)cs3)c2C)cc1. The van der Waals surface area contributed by atoms with Crippen molar-refractivity contribution in [2.45, 2.75) is 27.3 Å². The number of rotatable bonds is 7. The third-order valence-corrected chi connectivity index (χ3v) is 5.78. The van der Waals surface area contributed by atoms with Gasteiger partial charge in [-0.25, -0.2) is 4.98 Å². The fourth-order valence-electron chi connectivity index (χ4n) is 3.39. The first kappa shape index (κ1) is 21.0. The van der Waals surface area contributed by atoms with Gasteiger partial charge in [0.1, 0.15) is 0 Å². The number of aryl methyl sites for hydroxylation is 2. The van der Waals surface area contributed by atoms with E-state index < -0.39 is 0 Å². The second-order valence-corrected chi connectivity index (χ2v) is 8.10. The molecular formula is C22H26N4O2S. The van der Waals surface area contributed by atoms with Crippen LogP contribution < -0.4 is 5.32 Å². The largest absolute Gasteiger partial charge is 0.355 e. The molecule has 3 rings (SSSR count). The lowest BCUT2D eigenvalue weighted by molar-refractivity contribution is 0.0940. The van der Waals surface area contributed by atoms with Gasteiger partial charge in [0, 0.05) is 41.5 Å². The molecule has 0 saturated heterocycles. The van der Waals surface area contributed by atoms with Crippen LogP contribution in [0.25, 0.3) is 5.13 Å². The smallest absolute Gasteiger partial charge is 0.251 e. The van der Waals surface area contributed by atoms with Gasteiger partial charge in [-0.2, -0.15) is 0 Å². The van der Waals surface area contributed by atoms with Crippen LogP contribution in [0, 0.1) is 20.8 Å². The molecule has 0 aliphatic carbocycles. The zero-order valence-corrected chi connectivity index (χ0v) is 18.3. The van der Waals surface area contributed by atoms with E-state index >= 15 is 0 Å². The van der Waals surface area contributed by atoms with Crippen LogP contribution in [0.4, 0.5) is 0 Å². The molecule has 0 fully saturated rings. The zero-order chi connectivity index (χ0) is 21.1. The van der Waals surface area contributed by atoms with Gasteiger partial charge < -0.3 is 5.32 Å². The first-order valence-electron chi connectivity index (χ1n) is 9.44. The Kier molecular flexibility index (Phi) is 6.30. The highest BCUT2D eigenvalue weighted by atomic mass is 32.1. The number of amides is 1. The van der Waals surface area contributed by atoms with E-state index in [0.717, 1.165) is 33.3 Å². The van der Waals surface area contributed by atoms with E-state index in [1.807, 2.05) is 60.9 Å². The minimum atomic E-state index is -0.106. The third-order valence-electron chi connectivity index (χ3n) is 4.84. The summed E-state index contributed by atoms with van der Waals surface area (Å²) in [7, 11) is 3.54. The van der Waals surface area contributed by atoms with Crippen LogP contribution in [0.5, 0.6) is 0 Å². The van der Waals surface area contributed by atoms with Gasteiger partial charge in [-0.15, -0.1) is 11.3 Å². The van der Waals surface area contributed by atoms with Crippen LogP contribution in [-0.2, 0) is 6.54 Å². The molecule has 29 heavy (non-hydrogen) atoms. The summed E-state index contributed by atoms with van der Waals surface area (Å²) in [5.74, 6) is -0.0204. The highest BCUT2D eigenvalue weighted by molar-refractivity contribution is 7.12.